The Labute approximate surface area is 71.7 Å². The second kappa shape index (κ2) is 5.47. The Morgan fingerprint density at radius 3 is 2.73 bits per heavy atom. The van der Waals surface area contributed by atoms with E-state index >= 15 is 0 Å². The fourth-order valence-corrected chi connectivity index (χ4v) is 0.729. The number of nitrogens with two attached hydrogens (primary N) is 1. The molecule has 64 valence electrons. The molecule has 0 aliphatic rings. The lowest BCUT2D eigenvalue weighted by Gasteiger charge is -2.09. The van der Waals surface area contributed by atoms with Gasteiger partial charge in [-0.15, -0.1) is 11.6 Å². The van der Waals surface area contributed by atoms with Crippen LogP contribution in [0.5, 0.6) is 0 Å². The quantitative estimate of drug-likeness (QED) is 0.502. The molecule has 2 atom stereocenters. The van der Waals surface area contributed by atoms with Crippen molar-refractivity contribution >= 4 is 26.0 Å². The van der Waals surface area contributed by atoms with Gasteiger partial charge in [-0.25, -0.2) is 0 Å². The second-order valence-corrected chi connectivity index (χ2v) is 3.34. The van der Waals surface area contributed by atoms with Crippen LogP contribution < -0.4 is 11.1 Å². The van der Waals surface area contributed by atoms with Crippen molar-refractivity contribution < 1.29 is 9.36 Å². The number of hydrogen-bond donors (Lipinski definition) is 2. The summed E-state index contributed by atoms with van der Waals surface area (Å²) in [4.78, 5) is 10.9. The second-order valence-electron chi connectivity index (χ2n) is 2.05. The zero-order valence-electron chi connectivity index (χ0n) is 6.08. The van der Waals surface area contributed by atoms with Crippen LogP contribution in [0.2, 0.25) is 0 Å². The van der Waals surface area contributed by atoms with Crippen molar-refractivity contribution in [3.8, 4) is 0 Å². The summed E-state index contributed by atoms with van der Waals surface area (Å²) in [7, 11) is -0.131. The van der Waals surface area contributed by atoms with Crippen LogP contribution in [0.25, 0.3) is 0 Å². The van der Waals surface area contributed by atoms with Gasteiger partial charge in [-0.2, -0.15) is 0 Å². The Hall–Kier alpha value is -0.180. The first-order valence-corrected chi connectivity index (χ1v) is 4.47. The van der Waals surface area contributed by atoms with Gasteiger partial charge in [-0.3, -0.25) is 9.36 Å². The van der Waals surface area contributed by atoms with E-state index in [1.165, 1.54) is 0 Å². The molecule has 1 amide bonds. The van der Waals surface area contributed by atoms with Crippen molar-refractivity contribution in [3.05, 3.63) is 0 Å². The minimum Gasteiger partial charge on any atom is -0.341 e. The van der Waals surface area contributed by atoms with Gasteiger partial charge in [0.1, 0.15) is 5.78 Å². The van der Waals surface area contributed by atoms with Gasteiger partial charge in [0.15, 0.2) is 8.46 Å². The molecule has 0 aromatic rings. The van der Waals surface area contributed by atoms with Crippen LogP contribution in [-0.2, 0) is 9.36 Å². The molecule has 0 heterocycles. The van der Waals surface area contributed by atoms with Crippen molar-refractivity contribution in [1.29, 1.82) is 0 Å². The first kappa shape index (κ1) is 10.8. The minimum atomic E-state index is -0.721. The standard InChI is InChI=1S/C5H10ClN2O2P/c1-3(11-10)8-5(9)4(7)2-6/h3-4H,2,7H2,1H3,(H,8,9)/t3-,4+/m1/s1. The Morgan fingerprint density at radius 2 is 2.36 bits per heavy atom. The van der Waals surface area contributed by atoms with Crippen LogP contribution in [-0.4, -0.2) is 23.6 Å². The van der Waals surface area contributed by atoms with Crippen LogP contribution in [0.15, 0.2) is 0 Å². The van der Waals surface area contributed by atoms with E-state index in [1.807, 2.05) is 0 Å². The number of amides is 1. The fraction of sp³-hybridized carbons (Fsp3) is 0.800. The van der Waals surface area contributed by atoms with Gasteiger partial charge < -0.3 is 11.1 Å². The van der Waals surface area contributed by atoms with Gasteiger partial charge in [0.2, 0.25) is 5.91 Å². The molecule has 0 spiro atoms. The number of alkyl halides is 1. The van der Waals surface area contributed by atoms with E-state index in [-0.39, 0.29) is 20.2 Å². The Balaban J connectivity index is 3.76. The van der Waals surface area contributed by atoms with Crippen molar-refractivity contribution in [2.45, 2.75) is 18.7 Å². The molecule has 0 saturated carbocycles. The molecule has 0 bridgehead atoms. The molecular weight excluding hydrogens is 186 g/mol. The van der Waals surface area contributed by atoms with E-state index in [9.17, 15) is 9.36 Å². The molecule has 0 unspecified atom stereocenters. The average molecular weight is 197 g/mol. The number of carbonyl (C=O) groups excluding carboxylic acids is 1. The number of nitrogens with one attached hydrogen (secondary N) is 1. The summed E-state index contributed by atoms with van der Waals surface area (Å²) in [5.74, 6) is -0.721. The Morgan fingerprint density at radius 1 is 1.82 bits per heavy atom. The Kier molecular flexibility index (Phi) is 5.38. The van der Waals surface area contributed by atoms with E-state index in [0.717, 1.165) is 0 Å². The van der Waals surface area contributed by atoms with E-state index in [0.29, 0.717) is 0 Å². The highest BCUT2D eigenvalue weighted by Crippen LogP contribution is 2.00. The summed E-state index contributed by atoms with van der Waals surface area (Å²) in [5, 5.41) is 2.41. The third kappa shape index (κ3) is 4.30. The highest BCUT2D eigenvalue weighted by atomic mass is 35.5. The van der Waals surface area contributed by atoms with E-state index in [2.05, 4.69) is 5.32 Å². The van der Waals surface area contributed by atoms with Crippen LogP contribution in [0.4, 0.5) is 0 Å². The summed E-state index contributed by atoms with van der Waals surface area (Å²) in [5.41, 5.74) is 5.27. The summed E-state index contributed by atoms with van der Waals surface area (Å²) >= 11 is 5.31. The molecule has 0 radical (unpaired) electrons. The van der Waals surface area contributed by atoms with Gasteiger partial charge in [0.25, 0.3) is 0 Å². The van der Waals surface area contributed by atoms with E-state index < -0.39 is 11.8 Å². The first-order chi connectivity index (χ1) is 5.11. The third-order valence-corrected chi connectivity index (χ3v) is 1.79. The van der Waals surface area contributed by atoms with Crippen LogP contribution in [0, 0.1) is 0 Å². The number of halogens is 1. The summed E-state index contributed by atoms with van der Waals surface area (Å²) in [6, 6.07) is -0.721. The maximum atomic E-state index is 10.9. The highest BCUT2D eigenvalue weighted by Gasteiger charge is 2.13. The summed E-state index contributed by atoms with van der Waals surface area (Å²) in [6.45, 7) is 1.60. The molecule has 0 saturated heterocycles. The SMILES string of the molecule is C[C@H](NC(=O)[C@@H](N)CCl)P=O. The maximum absolute atomic E-state index is 10.9. The molecule has 11 heavy (non-hydrogen) atoms. The lowest BCUT2D eigenvalue weighted by molar-refractivity contribution is -0.122. The zero-order chi connectivity index (χ0) is 8.85. The molecule has 3 N–H and O–H groups in total. The molecular formula is C5H10ClN2O2P. The zero-order valence-corrected chi connectivity index (χ0v) is 7.73. The monoisotopic (exact) mass is 196 g/mol. The van der Waals surface area contributed by atoms with Crippen molar-refractivity contribution in [1.82, 2.24) is 5.32 Å². The number of rotatable bonds is 4. The predicted octanol–water partition coefficient (Wildman–Crippen LogP) is 0.306. The average Bonchev–Trinajstić information content (AvgIpc) is 2.02. The van der Waals surface area contributed by atoms with E-state index in [1.54, 1.807) is 6.92 Å². The smallest absolute Gasteiger partial charge is 0.238 e. The van der Waals surface area contributed by atoms with Crippen molar-refractivity contribution in [2.24, 2.45) is 5.73 Å². The van der Waals surface area contributed by atoms with Gasteiger partial charge in [0.05, 0.1) is 6.04 Å². The highest BCUT2D eigenvalue weighted by molar-refractivity contribution is 7.24. The van der Waals surface area contributed by atoms with Crippen LogP contribution in [0.1, 0.15) is 6.92 Å². The predicted molar refractivity (Wildman–Crippen MR) is 43.9 cm³/mol. The largest absolute Gasteiger partial charge is 0.341 e. The first-order valence-electron chi connectivity index (χ1n) is 3.06. The van der Waals surface area contributed by atoms with Gasteiger partial charge in [0, 0.05) is 5.88 Å². The Bertz CT molecular complexity index is 155. The summed E-state index contributed by atoms with van der Waals surface area (Å²) < 4.78 is 10.2. The molecule has 0 aliphatic heterocycles. The van der Waals surface area contributed by atoms with Crippen molar-refractivity contribution in [3.63, 3.8) is 0 Å². The molecule has 0 rings (SSSR count). The topological polar surface area (TPSA) is 72.2 Å². The lowest BCUT2D eigenvalue weighted by Crippen LogP contribution is -2.43. The molecule has 0 aromatic heterocycles. The van der Waals surface area contributed by atoms with Crippen LogP contribution in [0.3, 0.4) is 0 Å². The molecule has 4 nitrogen and oxygen atoms in total. The summed E-state index contributed by atoms with van der Waals surface area (Å²) in [6.07, 6.45) is 0. The van der Waals surface area contributed by atoms with Gasteiger partial charge >= 0.3 is 0 Å². The third-order valence-electron chi connectivity index (χ3n) is 1.01. The minimum absolute atomic E-state index is 0.0638. The molecule has 6 heteroatoms. The fourth-order valence-electron chi connectivity index (χ4n) is 0.409. The normalized spacial score (nSPS) is 15.9. The molecule has 0 aromatic carbocycles. The maximum Gasteiger partial charge on any atom is 0.238 e. The lowest BCUT2D eigenvalue weighted by atomic mass is 10.3. The molecule has 0 aliphatic carbocycles. The van der Waals surface area contributed by atoms with Crippen molar-refractivity contribution in [2.75, 3.05) is 5.88 Å². The molecule has 0 fully saturated rings. The van der Waals surface area contributed by atoms with Gasteiger partial charge in [-0.05, 0) is 6.92 Å². The van der Waals surface area contributed by atoms with Gasteiger partial charge in [-0.1, -0.05) is 0 Å². The number of carbonyl (C=O) groups is 1. The van der Waals surface area contributed by atoms with E-state index in [4.69, 9.17) is 17.3 Å². The van der Waals surface area contributed by atoms with Crippen LogP contribution >= 0.6 is 20.1 Å². The number of hydrogen-bond acceptors (Lipinski definition) is 3.